The van der Waals surface area contributed by atoms with Crippen LogP contribution < -0.4 is 4.74 Å². The van der Waals surface area contributed by atoms with Crippen LogP contribution in [0.15, 0.2) is 48.7 Å². The van der Waals surface area contributed by atoms with Crippen LogP contribution in [0.4, 0.5) is 26.3 Å². The number of carbonyl (C=O) groups is 1. The van der Waals surface area contributed by atoms with E-state index in [9.17, 15) is 26.3 Å². The molecule has 1 N–H and O–H groups in total. The Balaban J connectivity index is 0.000000892. The third kappa shape index (κ3) is 4.65. The minimum absolute atomic E-state index is 0.00362. The minimum Gasteiger partial charge on any atom is -0.483 e. The number of halogens is 6. The summed E-state index contributed by atoms with van der Waals surface area (Å²) in [7, 11) is 0. The van der Waals surface area contributed by atoms with E-state index in [0.29, 0.717) is 17.7 Å². The molecule has 0 spiro atoms. The molecule has 1 fully saturated rings. The predicted octanol–water partition coefficient (Wildman–Crippen LogP) is 6.81. The quantitative estimate of drug-likeness (QED) is 0.303. The number of hydrogen-bond donors (Lipinski definition) is 1. The summed E-state index contributed by atoms with van der Waals surface area (Å²) in [5, 5.41) is 6.89. The van der Waals surface area contributed by atoms with Crippen LogP contribution in [0.3, 0.4) is 0 Å². The van der Waals surface area contributed by atoms with E-state index in [1.807, 2.05) is 6.07 Å². The van der Waals surface area contributed by atoms with Crippen LogP contribution in [0.5, 0.6) is 5.88 Å². The number of nitrogens with zero attached hydrogens (tertiary/aromatic N) is 1. The molecule has 10 heteroatoms. The summed E-state index contributed by atoms with van der Waals surface area (Å²) in [6.45, 7) is -0.517. The van der Waals surface area contributed by atoms with E-state index in [0.717, 1.165) is 24.1 Å². The monoisotopic (exact) mass is 521 g/mol. The second-order valence-electron chi connectivity index (χ2n) is 9.50. The second-order valence-corrected chi connectivity index (χ2v) is 9.50. The summed E-state index contributed by atoms with van der Waals surface area (Å²) in [6, 6.07) is 8.46. The largest absolute Gasteiger partial charge is 0.483 e. The zero-order valence-electron chi connectivity index (χ0n) is 19.2. The summed E-state index contributed by atoms with van der Waals surface area (Å²) < 4.78 is 90.6. The van der Waals surface area contributed by atoms with E-state index in [1.165, 1.54) is 36.2 Å². The van der Waals surface area contributed by atoms with Gasteiger partial charge in [0.15, 0.2) is 0 Å². The van der Waals surface area contributed by atoms with E-state index in [2.05, 4.69) is 4.98 Å². The molecular weight excluding hydrogens is 500 g/mol. The molecule has 6 rings (SSSR count). The van der Waals surface area contributed by atoms with Gasteiger partial charge in [-0.1, -0.05) is 18.2 Å². The Bertz CT molecular complexity index is 1360. The molecule has 0 radical (unpaired) electrons. The zero-order valence-corrected chi connectivity index (χ0v) is 19.2. The van der Waals surface area contributed by atoms with Crippen molar-refractivity contribution in [1.82, 2.24) is 4.98 Å². The number of benzene rings is 2. The summed E-state index contributed by atoms with van der Waals surface area (Å²) in [6.07, 6.45) is -1.64. The van der Waals surface area contributed by atoms with Crippen LogP contribution in [0.25, 0.3) is 0 Å². The van der Waals surface area contributed by atoms with Gasteiger partial charge in [-0.05, 0) is 65.1 Å². The van der Waals surface area contributed by atoms with E-state index in [4.69, 9.17) is 14.6 Å². The standard InChI is InChI=1S/C26H19F6NO.CH2O2/c27-23-9-22-18(19(10-25(22,28)29)16-3-1-2-4-21(16)26(30,31)32)7-15(23)12-34-24-8-14-5-13-6-17(13)20(14)11-33-24;2-1-3/h1-4,7-9,11,13,17,19H,5-6,10,12H2;1H,(H,2,3). The molecule has 194 valence electrons. The number of fused-ring (bicyclic) bond motifs is 4. The third-order valence-corrected chi connectivity index (χ3v) is 7.27. The Hall–Kier alpha value is -3.56. The van der Waals surface area contributed by atoms with Gasteiger partial charge in [0.25, 0.3) is 12.4 Å². The van der Waals surface area contributed by atoms with Crippen molar-refractivity contribution in [3.8, 4) is 5.88 Å². The SMILES string of the molecule is Fc1cc2c(cc1COc1cc3c(cn1)C1CC1C3)C(c1ccccc1C(F)(F)F)CC2(F)F.O=CO. The Morgan fingerprint density at radius 3 is 2.57 bits per heavy atom. The molecule has 3 unspecified atom stereocenters. The normalized spacial score (nSPS) is 22.3. The lowest BCUT2D eigenvalue weighted by molar-refractivity contribution is -0.138. The highest BCUT2D eigenvalue weighted by atomic mass is 19.4. The average Bonchev–Trinajstić information content (AvgIpc) is 3.44. The van der Waals surface area contributed by atoms with Gasteiger partial charge in [0.05, 0.1) is 5.56 Å². The highest BCUT2D eigenvalue weighted by Gasteiger charge is 2.48. The van der Waals surface area contributed by atoms with Gasteiger partial charge in [-0.3, -0.25) is 4.79 Å². The Kier molecular flexibility index (Phi) is 6.16. The van der Waals surface area contributed by atoms with Crippen LogP contribution >= 0.6 is 0 Å². The molecule has 3 aliphatic rings. The van der Waals surface area contributed by atoms with Gasteiger partial charge in [-0.25, -0.2) is 18.2 Å². The molecule has 2 aromatic carbocycles. The van der Waals surface area contributed by atoms with E-state index in [1.54, 1.807) is 6.20 Å². The molecule has 4 nitrogen and oxygen atoms in total. The first kappa shape index (κ1) is 25.1. The lowest BCUT2D eigenvalue weighted by atomic mass is 9.88. The van der Waals surface area contributed by atoms with Crippen molar-refractivity contribution >= 4 is 6.47 Å². The van der Waals surface area contributed by atoms with Gasteiger partial charge in [-0.15, -0.1) is 0 Å². The maximum atomic E-state index is 14.8. The molecule has 0 aliphatic heterocycles. The summed E-state index contributed by atoms with van der Waals surface area (Å²) in [4.78, 5) is 12.6. The maximum absolute atomic E-state index is 14.8. The second kappa shape index (κ2) is 9.08. The average molecular weight is 521 g/mol. The van der Waals surface area contributed by atoms with Crippen LogP contribution in [0, 0.1) is 11.7 Å². The van der Waals surface area contributed by atoms with Crippen molar-refractivity contribution in [1.29, 1.82) is 0 Å². The first-order valence-electron chi connectivity index (χ1n) is 11.6. The molecule has 3 aliphatic carbocycles. The van der Waals surface area contributed by atoms with Gasteiger partial charge in [-0.2, -0.15) is 13.2 Å². The predicted molar refractivity (Wildman–Crippen MR) is 120 cm³/mol. The number of aromatic nitrogens is 1. The highest BCUT2D eigenvalue weighted by Crippen LogP contribution is 2.56. The Morgan fingerprint density at radius 2 is 1.84 bits per heavy atom. The van der Waals surface area contributed by atoms with Crippen molar-refractivity contribution in [2.24, 2.45) is 5.92 Å². The summed E-state index contributed by atoms with van der Waals surface area (Å²) >= 11 is 0. The fourth-order valence-corrected chi connectivity index (χ4v) is 5.53. The molecule has 3 aromatic rings. The third-order valence-electron chi connectivity index (χ3n) is 7.27. The number of pyridine rings is 1. The van der Waals surface area contributed by atoms with Gasteiger partial charge in [0.1, 0.15) is 12.4 Å². The first-order valence-corrected chi connectivity index (χ1v) is 11.6. The van der Waals surface area contributed by atoms with Crippen molar-refractivity contribution in [3.05, 3.63) is 93.4 Å². The number of carboxylic acid groups (broad SMARTS) is 1. The molecule has 37 heavy (non-hydrogen) atoms. The van der Waals surface area contributed by atoms with Crippen molar-refractivity contribution < 1.29 is 41.0 Å². The van der Waals surface area contributed by atoms with E-state index < -0.39 is 41.4 Å². The van der Waals surface area contributed by atoms with Crippen molar-refractivity contribution in [2.45, 2.75) is 49.8 Å². The van der Waals surface area contributed by atoms with Crippen molar-refractivity contribution in [3.63, 3.8) is 0 Å². The molecule has 1 saturated carbocycles. The topological polar surface area (TPSA) is 59.4 Å². The molecule has 1 aromatic heterocycles. The smallest absolute Gasteiger partial charge is 0.416 e. The van der Waals surface area contributed by atoms with Crippen molar-refractivity contribution in [2.75, 3.05) is 0 Å². The zero-order chi connectivity index (χ0) is 26.5. The van der Waals surface area contributed by atoms with Gasteiger partial charge >= 0.3 is 6.18 Å². The van der Waals surface area contributed by atoms with Gasteiger partial charge in [0.2, 0.25) is 5.88 Å². The van der Waals surface area contributed by atoms with Crippen LogP contribution in [-0.4, -0.2) is 16.6 Å². The number of rotatable bonds is 4. The van der Waals surface area contributed by atoms with Gasteiger partial charge < -0.3 is 9.84 Å². The van der Waals surface area contributed by atoms with Crippen LogP contribution in [0.2, 0.25) is 0 Å². The molecule has 3 atom stereocenters. The van der Waals surface area contributed by atoms with E-state index in [-0.39, 0.29) is 29.8 Å². The minimum atomic E-state index is -4.69. The lowest BCUT2D eigenvalue weighted by Crippen LogP contribution is -2.13. The summed E-state index contributed by atoms with van der Waals surface area (Å²) in [5.74, 6) is -3.99. The highest BCUT2D eigenvalue weighted by molar-refractivity contribution is 5.50. The van der Waals surface area contributed by atoms with E-state index >= 15 is 0 Å². The number of alkyl halides is 5. The first-order chi connectivity index (χ1) is 17.5. The molecular formula is C27H21F6NO3. The van der Waals surface area contributed by atoms with Crippen LogP contribution in [0.1, 0.15) is 63.6 Å². The number of ether oxygens (including phenoxy) is 1. The Morgan fingerprint density at radius 1 is 1.11 bits per heavy atom. The fourth-order valence-electron chi connectivity index (χ4n) is 5.53. The van der Waals surface area contributed by atoms with Gasteiger partial charge in [0, 0.05) is 35.7 Å². The molecule has 0 saturated heterocycles. The number of hydrogen-bond acceptors (Lipinski definition) is 3. The van der Waals surface area contributed by atoms with Crippen LogP contribution in [-0.2, 0) is 29.9 Å². The maximum Gasteiger partial charge on any atom is 0.416 e. The molecule has 0 amide bonds. The lowest BCUT2D eigenvalue weighted by Gasteiger charge is -2.19. The Labute approximate surface area is 207 Å². The molecule has 1 heterocycles. The summed E-state index contributed by atoms with van der Waals surface area (Å²) in [5.41, 5.74) is 0.570. The molecule has 0 bridgehead atoms. The fraction of sp³-hybridized carbons (Fsp3) is 0.333.